The van der Waals surface area contributed by atoms with Crippen molar-refractivity contribution >= 4 is 0 Å². The molecule has 1 aliphatic carbocycles. The molecule has 1 aromatic rings. The van der Waals surface area contributed by atoms with Gasteiger partial charge in [-0.3, -0.25) is 4.90 Å². The quantitative estimate of drug-likeness (QED) is 0.775. The van der Waals surface area contributed by atoms with E-state index in [-0.39, 0.29) is 6.04 Å². The second-order valence-electron chi connectivity index (χ2n) is 6.20. The first kappa shape index (κ1) is 15.5. The Labute approximate surface area is 124 Å². The van der Waals surface area contributed by atoms with Gasteiger partial charge in [-0.1, -0.05) is 44.5 Å². The molecular formula is C18H30N2. The third kappa shape index (κ3) is 3.62. The summed E-state index contributed by atoms with van der Waals surface area (Å²) in [6.45, 7) is 7.89. The molecule has 0 heterocycles. The van der Waals surface area contributed by atoms with Gasteiger partial charge in [0.15, 0.2) is 0 Å². The summed E-state index contributed by atoms with van der Waals surface area (Å²) < 4.78 is 0. The molecule has 0 aromatic heterocycles. The molecule has 1 aromatic carbocycles. The summed E-state index contributed by atoms with van der Waals surface area (Å²) in [6.07, 6.45) is 6.26. The fourth-order valence-electron chi connectivity index (χ4n) is 3.09. The average molecular weight is 274 g/mol. The van der Waals surface area contributed by atoms with Crippen LogP contribution in [0.1, 0.15) is 63.1 Å². The van der Waals surface area contributed by atoms with Gasteiger partial charge < -0.3 is 5.73 Å². The molecule has 0 saturated heterocycles. The minimum Gasteiger partial charge on any atom is -0.326 e. The molecule has 0 spiro atoms. The molecule has 0 aliphatic heterocycles. The molecule has 2 unspecified atom stereocenters. The zero-order valence-electron chi connectivity index (χ0n) is 13.3. The van der Waals surface area contributed by atoms with Gasteiger partial charge in [-0.2, -0.15) is 0 Å². The van der Waals surface area contributed by atoms with Crippen LogP contribution >= 0.6 is 0 Å². The van der Waals surface area contributed by atoms with Gasteiger partial charge >= 0.3 is 0 Å². The maximum absolute atomic E-state index is 6.51. The SMILES string of the molecule is CCCCN(C1CC1)C(c1ccccc1C)C(N)CC. The molecule has 2 rings (SSSR count). The van der Waals surface area contributed by atoms with Crippen molar-refractivity contribution in [1.29, 1.82) is 0 Å². The third-order valence-corrected chi connectivity index (χ3v) is 4.53. The number of aryl methyl sites for hydroxylation is 1. The average Bonchev–Trinajstić information content (AvgIpc) is 3.28. The van der Waals surface area contributed by atoms with Gasteiger partial charge in [0.25, 0.3) is 0 Å². The number of benzene rings is 1. The Kier molecular flexibility index (Phi) is 5.62. The summed E-state index contributed by atoms with van der Waals surface area (Å²) in [5, 5.41) is 0. The Morgan fingerprint density at radius 1 is 1.25 bits per heavy atom. The summed E-state index contributed by atoms with van der Waals surface area (Å²) >= 11 is 0. The fraction of sp³-hybridized carbons (Fsp3) is 0.667. The lowest BCUT2D eigenvalue weighted by atomic mass is 9.92. The smallest absolute Gasteiger partial charge is 0.0504 e. The number of hydrogen-bond acceptors (Lipinski definition) is 2. The zero-order chi connectivity index (χ0) is 14.5. The van der Waals surface area contributed by atoms with Crippen LogP contribution in [0.4, 0.5) is 0 Å². The van der Waals surface area contributed by atoms with Crippen LogP contribution in [0.15, 0.2) is 24.3 Å². The van der Waals surface area contributed by atoms with Crippen LogP contribution in [0.5, 0.6) is 0 Å². The van der Waals surface area contributed by atoms with E-state index in [4.69, 9.17) is 5.73 Å². The lowest BCUT2D eigenvalue weighted by Gasteiger charge is -2.37. The van der Waals surface area contributed by atoms with Gasteiger partial charge in [0.1, 0.15) is 0 Å². The molecule has 0 amide bonds. The molecule has 0 bridgehead atoms. The summed E-state index contributed by atoms with van der Waals surface area (Å²) in [7, 11) is 0. The Hall–Kier alpha value is -0.860. The first-order chi connectivity index (χ1) is 9.69. The minimum absolute atomic E-state index is 0.230. The second-order valence-corrected chi connectivity index (χ2v) is 6.20. The third-order valence-electron chi connectivity index (χ3n) is 4.53. The van der Waals surface area contributed by atoms with E-state index in [9.17, 15) is 0 Å². The van der Waals surface area contributed by atoms with E-state index in [2.05, 4.69) is 49.9 Å². The molecule has 2 nitrogen and oxygen atoms in total. The molecule has 1 saturated carbocycles. The second kappa shape index (κ2) is 7.24. The monoisotopic (exact) mass is 274 g/mol. The molecule has 112 valence electrons. The van der Waals surface area contributed by atoms with Crippen molar-refractivity contribution in [3.8, 4) is 0 Å². The highest BCUT2D eigenvalue weighted by atomic mass is 15.2. The number of unbranched alkanes of at least 4 members (excludes halogenated alkanes) is 1. The van der Waals surface area contributed by atoms with Crippen molar-refractivity contribution in [2.75, 3.05) is 6.54 Å². The van der Waals surface area contributed by atoms with E-state index in [1.54, 1.807) is 0 Å². The highest BCUT2D eigenvalue weighted by Crippen LogP contribution is 2.37. The van der Waals surface area contributed by atoms with E-state index >= 15 is 0 Å². The number of nitrogens with two attached hydrogens (primary N) is 1. The lowest BCUT2D eigenvalue weighted by Crippen LogP contribution is -2.43. The van der Waals surface area contributed by atoms with Crippen molar-refractivity contribution in [3.05, 3.63) is 35.4 Å². The summed E-state index contributed by atoms with van der Waals surface area (Å²) in [4.78, 5) is 2.69. The highest BCUT2D eigenvalue weighted by Gasteiger charge is 2.36. The number of nitrogens with zero attached hydrogens (tertiary/aromatic N) is 1. The van der Waals surface area contributed by atoms with Crippen molar-refractivity contribution in [2.24, 2.45) is 5.73 Å². The van der Waals surface area contributed by atoms with Crippen molar-refractivity contribution < 1.29 is 0 Å². The van der Waals surface area contributed by atoms with Crippen LogP contribution in [0.3, 0.4) is 0 Å². The van der Waals surface area contributed by atoms with Gasteiger partial charge in [0.05, 0.1) is 6.04 Å². The molecule has 2 heteroatoms. The van der Waals surface area contributed by atoms with Gasteiger partial charge in [-0.25, -0.2) is 0 Å². The fourth-order valence-corrected chi connectivity index (χ4v) is 3.09. The Morgan fingerprint density at radius 3 is 2.50 bits per heavy atom. The van der Waals surface area contributed by atoms with Crippen LogP contribution in [0.25, 0.3) is 0 Å². The molecule has 2 atom stereocenters. The van der Waals surface area contributed by atoms with Crippen LogP contribution in [0, 0.1) is 6.92 Å². The largest absolute Gasteiger partial charge is 0.326 e. The Bertz CT molecular complexity index is 412. The number of hydrogen-bond donors (Lipinski definition) is 1. The Morgan fingerprint density at radius 2 is 1.95 bits per heavy atom. The molecule has 1 fully saturated rings. The molecule has 20 heavy (non-hydrogen) atoms. The molecule has 1 aliphatic rings. The summed E-state index contributed by atoms with van der Waals surface area (Å²) in [5.41, 5.74) is 9.33. The molecular weight excluding hydrogens is 244 g/mol. The van der Waals surface area contributed by atoms with E-state index in [0.29, 0.717) is 6.04 Å². The van der Waals surface area contributed by atoms with Crippen LogP contribution in [-0.4, -0.2) is 23.5 Å². The maximum atomic E-state index is 6.51. The predicted molar refractivity (Wildman–Crippen MR) is 86.8 cm³/mol. The van der Waals surface area contributed by atoms with Gasteiger partial charge in [0.2, 0.25) is 0 Å². The van der Waals surface area contributed by atoms with Crippen molar-refractivity contribution in [2.45, 2.75) is 71.0 Å². The highest BCUT2D eigenvalue weighted by molar-refractivity contribution is 5.30. The number of rotatable bonds is 8. The summed E-state index contributed by atoms with van der Waals surface area (Å²) in [5.74, 6) is 0. The standard InChI is InChI=1S/C18H30N2/c1-4-6-13-20(15-11-12-15)18(17(19)5-2)16-10-8-7-9-14(16)3/h7-10,15,17-18H,4-6,11-13,19H2,1-3H3. The molecule has 0 radical (unpaired) electrons. The summed E-state index contributed by atoms with van der Waals surface area (Å²) in [6, 6.07) is 10.2. The Balaban J connectivity index is 2.27. The normalized spacial score (nSPS) is 18.2. The van der Waals surface area contributed by atoms with Gasteiger partial charge in [-0.15, -0.1) is 0 Å². The topological polar surface area (TPSA) is 29.3 Å². The van der Waals surface area contributed by atoms with Crippen molar-refractivity contribution in [1.82, 2.24) is 4.90 Å². The van der Waals surface area contributed by atoms with Gasteiger partial charge in [0, 0.05) is 12.1 Å². The van der Waals surface area contributed by atoms with E-state index in [1.165, 1.54) is 43.4 Å². The molecule has 2 N–H and O–H groups in total. The first-order valence-electron chi connectivity index (χ1n) is 8.25. The van der Waals surface area contributed by atoms with Crippen molar-refractivity contribution in [3.63, 3.8) is 0 Å². The lowest BCUT2D eigenvalue weighted by molar-refractivity contribution is 0.156. The van der Waals surface area contributed by atoms with Gasteiger partial charge in [-0.05, 0) is 50.3 Å². The van der Waals surface area contributed by atoms with Crippen LogP contribution in [-0.2, 0) is 0 Å². The predicted octanol–water partition coefficient (Wildman–Crippen LogP) is 4.04. The van der Waals surface area contributed by atoms with E-state index in [1.807, 2.05) is 0 Å². The van der Waals surface area contributed by atoms with E-state index < -0.39 is 0 Å². The van der Waals surface area contributed by atoms with Crippen LogP contribution < -0.4 is 5.73 Å². The zero-order valence-corrected chi connectivity index (χ0v) is 13.3. The van der Waals surface area contributed by atoms with Crippen LogP contribution in [0.2, 0.25) is 0 Å². The van der Waals surface area contributed by atoms with E-state index in [0.717, 1.165) is 12.5 Å². The minimum atomic E-state index is 0.230. The maximum Gasteiger partial charge on any atom is 0.0504 e. The first-order valence-corrected chi connectivity index (χ1v) is 8.25.